The van der Waals surface area contributed by atoms with Gasteiger partial charge in [0.1, 0.15) is 5.76 Å². The number of nitrogens with zero attached hydrogens (tertiary/aromatic N) is 3. The Morgan fingerprint density at radius 3 is 2.39 bits per heavy atom. The van der Waals surface area contributed by atoms with E-state index in [-0.39, 0.29) is 29.6 Å². The van der Waals surface area contributed by atoms with Crippen molar-refractivity contribution in [3.05, 3.63) is 17.5 Å². The van der Waals surface area contributed by atoms with Crippen LogP contribution in [-0.2, 0) is 10.2 Å². The maximum Gasteiger partial charge on any atom is 0.282 e. The quantitative estimate of drug-likeness (QED) is 0.703. The van der Waals surface area contributed by atoms with Crippen LogP contribution in [0.5, 0.6) is 0 Å². The topological polar surface area (TPSA) is 108 Å². The molecule has 1 aromatic heterocycles. The van der Waals surface area contributed by atoms with Gasteiger partial charge in [-0.1, -0.05) is 5.16 Å². The fourth-order valence-electron chi connectivity index (χ4n) is 6.03. The second-order valence-corrected chi connectivity index (χ2v) is 11.9. The Kier molecular flexibility index (Phi) is 4.72. The van der Waals surface area contributed by atoms with Gasteiger partial charge >= 0.3 is 0 Å². The normalized spacial score (nSPS) is 33.4. The summed E-state index contributed by atoms with van der Waals surface area (Å²) in [5, 5.41) is 10.5. The monoisotopic (exact) mass is 449 g/mol. The van der Waals surface area contributed by atoms with Gasteiger partial charge < -0.3 is 15.2 Å². The van der Waals surface area contributed by atoms with Gasteiger partial charge in [0.05, 0.1) is 0 Å². The minimum Gasteiger partial charge on any atom is -0.360 e. The molecule has 1 saturated carbocycles. The number of hydrogen-bond acceptors (Lipinski definition) is 6. The molecule has 5 fully saturated rings. The number of carbonyl (C=O) groups excluding carboxylic acids is 1. The van der Waals surface area contributed by atoms with Crippen LogP contribution in [0.1, 0.15) is 80.0 Å². The van der Waals surface area contributed by atoms with Crippen molar-refractivity contribution < 1.29 is 17.7 Å². The van der Waals surface area contributed by atoms with Crippen LogP contribution in [0.25, 0.3) is 0 Å². The van der Waals surface area contributed by atoms with E-state index in [2.05, 4.69) is 15.8 Å². The average molecular weight is 450 g/mol. The predicted molar refractivity (Wildman–Crippen MR) is 113 cm³/mol. The van der Waals surface area contributed by atoms with Crippen LogP contribution in [0.3, 0.4) is 0 Å². The average Bonchev–Trinajstić information content (AvgIpc) is 3.39. The Bertz CT molecular complexity index is 946. The molecule has 4 aliphatic heterocycles. The van der Waals surface area contributed by atoms with Crippen molar-refractivity contribution in [3.63, 3.8) is 0 Å². The zero-order chi connectivity index (χ0) is 21.2. The number of fused-ring (bicyclic) bond motifs is 2. The Morgan fingerprint density at radius 2 is 1.81 bits per heavy atom. The van der Waals surface area contributed by atoms with Gasteiger partial charge in [0.25, 0.3) is 16.1 Å². The van der Waals surface area contributed by atoms with Gasteiger partial charge in [0.15, 0.2) is 5.69 Å². The first-order chi connectivity index (χ1) is 14.9. The number of rotatable bonds is 5. The molecule has 6 rings (SSSR count). The van der Waals surface area contributed by atoms with E-state index in [1.54, 1.807) is 14.7 Å². The van der Waals surface area contributed by atoms with Crippen molar-refractivity contribution in [3.8, 4) is 0 Å². The standard InChI is InChI=1S/C21H31N5O4S/c27-20(18-13-19(30-24-18)14-1-2-14)23-15-11-16-3-4-17(12-15)26(16)31(28,29)25-9-6-21(7-10-25)5-8-22-21/h13-17,22H,1-12H2,(H,23,27)/t15?,16-,17+. The number of aromatic nitrogens is 1. The van der Waals surface area contributed by atoms with E-state index in [1.807, 2.05) is 0 Å². The van der Waals surface area contributed by atoms with Crippen LogP contribution >= 0.6 is 0 Å². The van der Waals surface area contributed by atoms with E-state index in [1.165, 1.54) is 0 Å². The number of nitrogens with one attached hydrogen (secondary N) is 2. The van der Waals surface area contributed by atoms with E-state index in [0.717, 1.165) is 57.3 Å². The third kappa shape index (κ3) is 3.51. The van der Waals surface area contributed by atoms with Crippen LogP contribution in [0.2, 0.25) is 0 Å². The van der Waals surface area contributed by atoms with Gasteiger partial charge in [0.2, 0.25) is 0 Å². The van der Waals surface area contributed by atoms with E-state index in [9.17, 15) is 13.2 Å². The molecule has 4 saturated heterocycles. The number of hydrogen-bond donors (Lipinski definition) is 2. The fourth-order valence-corrected chi connectivity index (χ4v) is 8.08. The lowest BCUT2D eigenvalue weighted by atomic mass is 9.80. The Balaban J connectivity index is 1.09. The maximum absolute atomic E-state index is 13.5. The molecule has 1 spiro atoms. The van der Waals surface area contributed by atoms with Crippen molar-refractivity contribution in [2.75, 3.05) is 19.6 Å². The van der Waals surface area contributed by atoms with Gasteiger partial charge in [-0.15, -0.1) is 0 Å². The molecule has 1 unspecified atom stereocenters. The zero-order valence-electron chi connectivity index (χ0n) is 17.8. The lowest BCUT2D eigenvalue weighted by Crippen LogP contribution is -2.64. The van der Waals surface area contributed by atoms with E-state index < -0.39 is 10.2 Å². The summed E-state index contributed by atoms with van der Waals surface area (Å²) in [5.41, 5.74) is 0.513. The maximum atomic E-state index is 13.5. The van der Waals surface area contributed by atoms with Gasteiger partial charge in [-0.2, -0.15) is 17.0 Å². The Morgan fingerprint density at radius 1 is 1.13 bits per heavy atom. The van der Waals surface area contributed by atoms with Gasteiger partial charge in [0, 0.05) is 48.7 Å². The van der Waals surface area contributed by atoms with Crippen molar-refractivity contribution in [2.24, 2.45) is 0 Å². The molecule has 0 radical (unpaired) electrons. The van der Waals surface area contributed by atoms with Crippen molar-refractivity contribution >= 4 is 16.1 Å². The highest BCUT2D eigenvalue weighted by molar-refractivity contribution is 7.86. The second kappa shape index (κ2) is 7.26. The molecule has 10 heteroatoms. The summed E-state index contributed by atoms with van der Waals surface area (Å²) in [6, 6.07) is 1.65. The molecular formula is C21H31N5O4S. The highest BCUT2D eigenvalue weighted by Gasteiger charge is 2.50. The summed E-state index contributed by atoms with van der Waals surface area (Å²) >= 11 is 0. The molecule has 3 atom stereocenters. The molecule has 31 heavy (non-hydrogen) atoms. The number of carbonyl (C=O) groups is 1. The molecule has 0 aromatic carbocycles. The lowest BCUT2D eigenvalue weighted by Gasteiger charge is -2.49. The van der Waals surface area contributed by atoms with Crippen molar-refractivity contribution in [1.82, 2.24) is 24.4 Å². The highest BCUT2D eigenvalue weighted by Crippen LogP contribution is 2.41. The van der Waals surface area contributed by atoms with Crippen LogP contribution in [0.4, 0.5) is 0 Å². The molecule has 170 valence electrons. The van der Waals surface area contributed by atoms with Crippen LogP contribution in [0.15, 0.2) is 10.6 Å². The highest BCUT2D eigenvalue weighted by atomic mass is 32.2. The minimum absolute atomic E-state index is 0.0265. The predicted octanol–water partition coefficient (Wildman–Crippen LogP) is 1.35. The third-order valence-electron chi connectivity index (χ3n) is 8.12. The minimum atomic E-state index is -3.46. The smallest absolute Gasteiger partial charge is 0.282 e. The molecule has 1 aromatic rings. The summed E-state index contributed by atoms with van der Waals surface area (Å²) in [5.74, 6) is 1.00. The summed E-state index contributed by atoms with van der Waals surface area (Å²) in [7, 11) is -3.46. The molecular weight excluding hydrogens is 418 g/mol. The van der Waals surface area contributed by atoms with Crippen LogP contribution in [0, 0.1) is 0 Å². The van der Waals surface area contributed by atoms with Crippen LogP contribution < -0.4 is 10.6 Å². The first-order valence-electron chi connectivity index (χ1n) is 11.7. The van der Waals surface area contributed by atoms with Crippen LogP contribution in [-0.4, -0.2) is 71.4 Å². The molecule has 5 heterocycles. The number of amides is 1. The molecule has 2 bridgehead atoms. The largest absolute Gasteiger partial charge is 0.360 e. The SMILES string of the molecule is O=C(NC1C[C@H]2CC[C@@H](C1)N2S(=O)(=O)N1CCC2(CCN2)CC1)c1cc(C2CC2)on1. The molecule has 2 N–H and O–H groups in total. The Labute approximate surface area is 183 Å². The van der Waals surface area contributed by atoms with Crippen molar-refractivity contribution in [2.45, 2.75) is 87.4 Å². The summed E-state index contributed by atoms with van der Waals surface area (Å²) in [4.78, 5) is 12.6. The van der Waals surface area contributed by atoms with Gasteiger partial charge in [-0.25, -0.2) is 0 Å². The van der Waals surface area contributed by atoms with Crippen molar-refractivity contribution in [1.29, 1.82) is 0 Å². The number of piperidine rings is 2. The second-order valence-electron chi connectivity index (χ2n) is 10.1. The summed E-state index contributed by atoms with van der Waals surface area (Å²) in [6.07, 6.45) is 8.20. The van der Waals surface area contributed by atoms with Gasteiger partial charge in [-0.05, 0) is 64.3 Å². The summed E-state index contributed by atoms with van der Waals surface area (Å²) < 4.78 is 35.7. The lowest BCUT2D eigenvalue weighted by molar-refractivity contribution is 0.0893. The zero-order valence-corrected chi connectivity index (χ0v) is 18.6. The van der Waals surface area contributed by atoms with Gasteiger partial charge in [-0.3, -0.25) is 4.79 Å². The van der Waals surface area contributed by atoms with E-state index in [0.29, 0.717) is 37.5 Å². The molecule has 9 nitrogen and oxygen atoms in total. The fraction of sp³-hybridized carbons (Fsp3) is 0.810. The first-order valence-corrected chi connectivity index (χ1v) is 13.1. The molecule has 1 aliphatic carbocycles. The molecule has 1 amide bonds. The third-order valence-corrected chi connectivity index (χ3v) is 10.3. The molecule has 5 aliphatic rings. The first kappa shape index (κ1) is 20.1. The Hall–Kier alpha value is -1.49. The van der Waals surface area contributed by atoms with E-state index >= 15 is 0 Å². The van der Waals surface area contributed by atoms with E-state index in [4.69, 9.17) is 4.52 Å². The summed E-state index contributed by atoms with van der Waals surface area (Å²) in [6.45, 7) is 2.24.